The summed E-state index contributed by atoms with van der Waals surface area (Å²) < 4.78 is 13.9. The van der Waals surface area contributed by atoms with Gasteiger partial charge in [0.15, 0.2) is 5.16 Å². The number of H-pyrrole nitrogens is 1. The van der Waals surface area contributed by atoms with Crippen LogP contribution in [0.4, 0.5) is 4.39 Å². The van der Waals surface area contributed by atoms with E-state index in [1.165, 1.54) is 0 Å². The summed E-state index contributed by atoms with van der Waals surface area (Å²) in [6.45, 7) is 0. The van der Waals surface area contributed by atoms with Crippen molar-refractivity contribution < 1.29 is 14.3 Å². The molecule has 0 aliphatic rings. The monoisotopic (exact) mass is 373 g/mol. The summed E-state index contributed by atoms with van der Waals surface area (Å²) in [7, 11) is 0. The van der Waals surface area contributed by atoms with Gasteiger partial charge in [-0.25, -0.2) is 14.2 Å². The average molecular weight is 374 g/mol. The van der Waals surface area contributed by atoms with Crippen LogP contribution in [0.25, 0.3) is 11.3 Å². The number of hydrogen-bond donors (Lipinski definition) is 2. The zero-order valence-corrected chi connectivity index (χ0v) is 13.6. The van der Waals surface area contributed by atoms with Crippen molar-refractivity contribution in [1.29, 1.82) is 5.26 Å². The van der Waals surface area contributed by atoms with Crippen molar-refractivity contribution >= 4 is 40.9 Å². The average Bonchev–Trinajstić information content (AvgIpc) is 2.50. The first kappa shape index (κ1) is 17.3. The molecule has 0 bridgehead atoms. The van der Waals surface area contributed by atoms with Crippen molar-refractivity contribution in [2.24, 2.45) is 0 Å². The molecule has 0 saturated heterocycles. The van der Waals surface area contributed by atoms with Crippen molar-refractivity contribution in [1.82, 2.24) is 9.97 Å². The lowest BCUT2D eigenvalue weighted by Gasteiger charge is -2.12. The van der Waals surface area contributed by atoms with Gasteiger partial charge >= 0.3 is 5.97 Å². The maximum absolute atomic E-state index is 13.9. The summed E-state index contributed by atoms with van der Waals surface area (Å²) in [6.07, 6.45) is 1.62. The van der Waals surface area contributed by atoms with Gasteiger partial charge in [-0.2, -0.15) is 5.26 Å². The molecule has 2 N–H and O–H groups in total. The van der Waals surface area contributed by atoms with Crippen LogP contribution in [0, 0.1) is 17.1 Å². The van der Waals surface area contributed by atoms with E-state index >= 15 is 0 Å². The molecular weight excluding hydrogens is 368 g/mol. The van der Waals surface area contributed by atoms with Crippen LogP contribution in [0.5, 0.6) is 0 Å². The number of halogens is 3. The van der Waals surface area contributed by atoms with Crippen LogP contribution in [0.1, 0.15) is 15.9 Å². The molecule has 0 saturated carbocycles. The number of aromatic nitrogens is 2. The van der Waals surface area contributed by atoms with Crippen molar-refractivity contribution in [3.63, 3.8) is 0 Å². The summed E-state index contributed by atoms with van der Waals surface area (Å²) >= 11 is 12.9. The van der Waals surface area contributed by atoms with Gasteiger partial charge in [0.05, 0.1) is 21.3 Å². The Hall–Kier alpha value is -2.08. The summed E-state index contributed by atoms with van der Waals surface area (Å²) in [5.41, 5.74) is -2.37. The van der Waals surface area contributed by atoms with Crippen molar-refractivity contribution in [3.8, 4) is 17.3 Å². The van der Waals surface area contributed by atoms with Crippen LogP contribution in [0.15, 0.2) is 16.0 Å². The van der Waals surface area contributed by atoms with Crippen molar-refractivity contribution in [2.45, 2.75) is 5.16 Å². The molecule has 0 fully saturated rings. The Kier molecular flexibility index (Phi) is 4.94. The Morgan fingerprint density at radius 1 is 1.48 bits per heavy atom. The topological polar surface area (TPSA) is 107 Å². The third-order valence-corrected chi connectivity index (χ3v) is 4.17. The standard InChI is InChI=1S/C13H6Cl2FN3O3S/c1-23-13-18-10(5(3-17)11(20)19-13)7-8(14)4(12(21)22)2-6(16)9(7)15/h2H,1H3,(H,21,22)(H,18,19,20). The first-order chi connectivity index (χ1) is 10.8. The Morgan fingerprint density at radius 3 is 2.65 bits per heavy atom. The lowest BCUT2D eigenvalue weighted by atomic mass is 10.0. The van der Waals surface area contributed by atoms with Crippen molar-refractivity contribution in [2.75, 3.05) is 6.26 Å². The predicted molar refractivity (Wildman–Crippen MR) is 83.7 cm³/mol. The van der Waals surface area contributed by atoms with E-state index in [0.29, 0.717) is 6.07 Å². The number of hydrogen-bond acceptors (Lipinski definition) is 5. The zero-order chi connectivity index (χ0) is 17.3. The first-order valence-electron chi connectivity index (χ1n) is 5.81. The Labute approximate surface area is 142 Å². The maximum Gasteiger partial charge on any atom is 0.337 e. The lowest BCUT2D eigenvalue weighted by molar-refractivity contribution is 0.0696. The molecule has 10 heteroatoms. The number of carboxylic acid groups (broad SMARTS) is 1. The molecule has 2 rings (SSSR count). The SMILES string of the molecule is CSc1nc(-c2c(Cl)c(F)cc(C(=O)O)c2Cl)c(C#N)c(=O)[nH]1. The number of rotatable bonds is 3. The minimum Gasteiger partial charge on any atom is -0.478 e. The Morgan fingerprint density at radius 2 is 2.13 bits per heavy atom. The van der Waals surface area contributed by atoms with Crippen LogP contribution in [0.3, 0.4) is 0 Å². The van der Waals surface area contributed by atoms with Gasteiger partial charge < -0.3 is 10.1 Å². The summed E-state index contributed by atoms with van der Waals surface area (Å²) in [5, 5.41) is 17.4. The quantitative estimate of drug-likeness (QED) is 0.486. The molecular formula is C13H6Cl2FN3O3S. The van der Waals surface area contributed by atoms with Gasteiger partial charge in [-0.05, 0) is 12.3 Å². The van der Waals surface area contributed by atoms with Gasteiger partial charge in [-0.3, -0.25) is 4.79 Å². The van der Waals surface area contributed by atoms with E-state index < -0.39 is 38.5 Å². The highest BCUT2D eigenvalue weighted by Gasteiger charge is 2.25. The molecule has 118 valence electrons. The van der Waals surface area contributed by atoms with Gasteiger partial charge in [0.25, 0.3) is 5.56 Å². The molecule has 2 aromatic rings. The van der Waals surface area contributed by atoms with Gasteiger partial charge in [-0.15, -0.1) is 0 Å². The lowest BCUT2D eigenvalue weighted by Crippen LogP contribution is -2.15. The number of carbonyl (C=O) groups is 1. The van der Waals surface area contributed by atoms with E-state index in [1.54, 1.807) is 12.3 Å². The van der Waals surface area contributed by atoms with Crippen LogP contribution in [0.2, 0.25) is 10.0 Å². The molecule has 0 atom stereocenters. The van der Waals surface area contributed by atoms with Crippen LogP contribution in [-0.4, -0.2) is 27.3 Å². The number of nitrogens with one attached hydrogen (secondary N) is 1. The van der Waals surface area contributed by atoms with Crippen LogP contribution in [-0.2, 0) is 0 Å². The Balaban J connectivity index is 2.98. The fourth-order valence-electron chi connectivity index (χ4n) is 1.80. The smallest absolute Gasteiger partial charge is 0.337 e. The maximum atomic E-state index is 13.9. The summed E-state index contributed by atoms with van der Waals surface area (Å²) in [4.78, 5) is 29.5. The highest BCUT2D eigenvalue weighted by molar-refractivity contribution is 7.98. The molecule has 0 radical (unpaired) electrons. The van der Waals surface area contributed by atoms with Crippen LogP contribution < -0.4 is 5.56 Å². The summed E-state index contributed by atoms with van der Waals surface area (Å²) in [6, 6.07) is 2.29. The molecule has 0 spiro atoms. The van der Waals surface area contributed by atoms with Crippen LogP contribution >= 0.6 is 35.0 Å². The van der Waals surface area contributed by atoms with Crippen molar-refractivity contribution in [3.05, 3.63) is 43.4 Å². The largest absolute Gasteiger partial charge is 0.478 e. The minimum atomic E-state index is -1.49. The molecule has 0 amide bonds. The number of benzene rings is 1. The highest BCUT2D eigenvalue weighted by atomic mass is 35.5. The second-order valence-electron chi connectivity index (χ2n) is 4.12. The van der Waals surface area contributed by atoms with E-state index in [4.69, 9.17) is 33.6 Å². The summed E-state index contributed by atoms with van der Waals surface area (Å²) in [5.74, 6) is -2.54. The van der Waals surface area contributed by atoms with Gasteiger partial charge in [0, 0.05) is 5.56 Å². The molecule has 1 aromatic carbocycles. The third kappa shape index (κ3) is 3.03. The molecule has 1 heterocycles. The van der Waals surface area contributed by atoms with E-state index in [0.717, 1.165) is 11.8 Å². The van der Waals surface area contributed by atoms with E-state index in [1.807, 2.05) is 0 Å². The number of nitriles is 1. The number of aromatic amines is 1. The second-order valence-corrected chi connectivity index (χ2v) is 5.68. The molecule has 0 unspecified atom stereocenters. The fourth-order valence-corrected chi connectivity index (χ4v) is 2.78. The van der Waals surface area contributed by atoms with E-state index in [-0.39, 0.29) is 16.4 Å². The fraction of sp³-hybridized carbons (Fsp3) is 0.0769. The van der Waals surface area contributed by atoms with E-state index in [9.17, 15) is 14.0 Å². The highest BCUT2D eigenvalue weighted by Crippen LogP contribution is 2.39. The number of carboxylic acids is 1. The number of thioether (sulfide) groups is 1. The number of aromatic carboxylic acids is 1. The Bertz CT molecular complexity index is 924. The first-order valence-corrected chi connectivity index (χ1v) is 7.79. The molecule has 23 heavy (non-hydrogen) atoms. The van der Waals surface area contributed by atoms with E-state index in [2.05, 4.69) is 9.97 Å². The normalized spacial score (nSPS) is 10.4. The third-order valence-electron chi connectivity index (χ3n) is 2.83. The zero-order valence-electron chi connectivity index (χ0n) is 11.3. The van der Waals surface area contributed by atoms with Gasteiger partial charge in [-0.1, -0.05) is 35.0 Å². The van der Waals surface area contributed by atoms with Gasteiger partial charge in [0.2, 0.25) is 0 Å². The predicted octanol–water partition coefficient (Wildman–Crippen LogP) is 3.17. The molecule has 0 aliphatic heterocycles. The molecule has 1 aromatic heterocycles. The van der Waals surface area contributed by atoms with Gasteiger partial charge in [0.1, 0.15) is 17.4 Å². The molecule has 0 aliphatic carbocycles. The number of nitrogens with zero attached hydrogens (tertiary/aromatic N) is 2. The second kappa shape index (κ2) is 6.58. The minimum absolute atomic E-state index is 0.136. The molecule has 6 nitrogen and oxygen atoms in total.